The molecule has 16 heavy (non-hydrogen) atoms. The molecule has 94 valence electrons. The maximum Gasteiger partial charge on any atom is 0.317 e. The zero-order valence-electron chi connectivity index (χ0n) is 10.4. The number of nitrogens with one attached hydrogen (secondary N) is 1. The Labute approximate surface area is 98.0 Å². The standard InChI is InChI=1S/C12H24N2O2/c1-10(9-15)14(2)12(16)13-11-7-5-3-4-6-8-11/h10-11,15H,3-9H2,1-2H3,(H,13,16). The van der Waals surface area contributed by atoms with E-state index in [0.717, 1.165) is 12.8 Å². The van der Waals surface area contributed by atoms with E-state index >= 15 is 0 Å². The number of rotatable bonds is 3. The molecule has 0 aliphatic heterocycles. The molecular formula is C12H24N2O2. The van der Waals surface area contributed by atoms with Gasteiger partial charge in [-0.1, -0.05) is 25.7 Å². The van der Waals surface area contributed by atoms with Gasteiger partial charge in [-0.2, -0.15) is 0 Å². The first kappa shape index (κ1) is 13.3. The predicted molar refractivity (Wildman–Crippen MR) is 64.3 cm³/mol. The number of aliphatic hydroxyl groups excluding tert-OH is 1. The van der Waals surface area contributed by atoms with Crippen LogP contribution in [0, 0.1) is 0 Å². The molecule has 1 aliphatic rings. The van der Waals surface area contributed by atoms with Crippen LogP contribution in [0.1, 0.15) is 45.4 Å². The van der Waals surface area contributed by atoms with Crippen molar-refractivity contribution in [1.29, 1.82) is 0 Å². The van der Waals surface area contributed by atoms with Crippen LogP contribution in [0.15, 0.2) is 0 Å². The van der Waals surface area contributed by atoms with Crippen molar-refractivity contribution in [3.05, 3.63) is 0 Å². The van der Waals surface area contributed by atoms with Crippen molar-refractivity contribution < 1.29 is 9.90 Å². The Morgan fingerprint density at radius 2 is 1.94 bits per heavy atom. The third-order valence-electron chi connectivity index (χ3n) is 3.43. The highest BCUT2D eigenvalue weighted by Crippen LogP contribution is 2.17. The van der Waals surface area contributed by atoms with Crippen molar-refractivity contribution in [3.63, 3.8) is 0 Å². The lowest BCUT2D eigenvalue weighted by Crippen LogP contribution is -2.47. The average Bonchev–Trinajstić information content (AvgIpc) is 2.55. The second-order valence-corrected chi connectivity index (χ2v) is 4.78. The van der Waals surface area contributed by atoms with Crippen molar-refractivity contribution in [3.8, 4) is 0 Å². The summed E-state index contributed by atoms with van der Waals surface area (Å²) in [4.78, 5) is 13.4. The monoisotopic (exact) mass is 228 g/mol. The lowest BCUT2D eigenvalue weighted by Gasteiger charge is -2.26. The smallest absolute Gasteiger partial charge is 0.317 e. The molecule has 0 spiro atoms. The lowest BCUT2D eigenvalue weighted by atomic mass is 10.1. The molecule has 0 heterocycles. The van der Waals surface area contributed by atoms with Crippen LogP contribution in [0.2, 0.25) is 0 Å². The number of urea groups is 1. The van der Waals surface area contributed by atoms with E-state index < -0.39 is 0 Å². The van der Waals surface area contributed by atoms with E-state index in [9.17, 15) is 4.79 Å². The molecule has 1 aliphatic carbocycles. The van der Waals surface area contributed by atoms with Crippen molar-refractivity contribution in [2.45, 2.75) is 57.5 Å². The number of carbonyl (C=O) groups is 1. The highest BCUT2D eigenvalue weighted by Gasteiger charge is 2.19. The van der Waals surface area contributed by atoms with Gasteiger partial charge in [-0.15, -0.1) is 0 Å². The van der Waals surface area contributed by atoms with Crippen LogP contribution in [-0.2, 0) is 0 Å². The predicted octanol–water partition coefficient (Wildman–Crippen LogP) is 1.73. The quantitative estimate of drug-likeness (QED) is 0.723. The molecule has 0 aromatic carbocycles. The van der Waals surface area contributed by atoms with Gasteiger partial charge in [0.2, 0.25) is 0 Å². The molecule has 1 rings (SSSR count). The third-order valence-corrected chi connectivity index (χ3v) is 3.43. The molecule has 1 saturated carbocycles. The molecule has 0 saturated heterocycles. The van der Waals surface area contributed by atoms with Crippen molar-refractivity contribution >= 4 is 6.03 Å². The fourth-order valence-corrected chi connectivity index (χ4v) is 2.02. The van der Waals surface area contributed by atoms with Crippen LogP contribution >= 0.6 is 0 Å². The minimum absolute atomic E-state index is 0.00852. The minimum Gasteiger partial charge on any atom is -0.394 e. The largest absolute Gasteiger partial charge is 0.394 e. The molecule has 2 N–H and O–H groups in total. The van der Waals surface area contributed by atoms with Gasteiger partial charge in [0, 0.05) is 13.1 Å². The summed E-state index contributed by atoms with van der Waals surface area (Å²) in [5.41, 5.74) is 0. The van der Waals surface area contributed by atoms with Crippen LogP contribution in [0.5, 0.6) is 0 Å². The molecule has 2 amide bonds. The molecule has 1 unspecified atom stereocenters. The van der Waals surface area contributed by atoms with Crippen molar-refractivity contribution in [2.24, 2.45) is 0 Å². The Hall–Kier alpha value is -0.770. The number of aliphatic hydroxyl groups is 1. The summed E-state index contributed by atoms with van der Waals surface area (Å²) in [6, 6.07) is 0.141. The molecule has 4 nitrogen and oxygen atoms in total. The summed E-state index contributed by atoms with van der Waals surface area (Å²) in [7, 11) is 1.73. The number of hydrogen-bond donors (Lipinski definition) is 2. The first-order chi connectivity index (χ1) is 7.65. The number of nitrogens with zero attached hydrogens (tertiary/aromatic N) is 1. The summed E-state index contributed by atoms with van der Waals surface area (Å²) >= 11 is 0. The molecule has 1 fully saturated rings. The fourth-order valence-electron chi connectivity index (χ4n) is 2.02. The summed E-state index contributed by atoms with van der Waals surface area (Å²) in [5.74, 6) is 0. The minimum atomic E-state index is -0.120. The molecule has 0 bridgehead atoms. The van der Waals surface area contributed by atoms with E-state index in [-0.39, 0.29) is 18.7 Å². The van der Waals surface area contributed by atoms with E-state index in [1.54, 1.807) is 11.9 Å². The van der Waals surface area contributed by atoms with Crippen LogP contribution in [-0.4, -0.2) is 41.8 Å². The van der Waals surface area contributed by atoms with Gasteiger partial charge >= 0.3 is 6.03 Å². The van der Waals surface area contributed by atoms with Crippen molar-refractivity contribution in [1.82, 2.24) is 10.2 Å². The van der Waals surface area contributed by atoms with Gasteiger partial charge in [0.05, 0.1) is 12.6 Å². The van der Waals surface area contributed by atoms with E-state index in [1.807, 2.05) is 6.92 Å². The Bertz CT molecular complexity index is 213. The topological polar surface area (TPSA) is 52.6 Å². The second-order valence-electron chi connectivity index (χ2n) is 4.78. The van der Waals surface area contributed by atoms with Crippen LogP contribution in [0.25, 0.3) is 0 Å². The van der Waals surface area contributed by atoms with Crippen molar-refractivity contribution in [2.75, 3.05) is 13.7 Å². The first-order valence-corrected chi connectivity index (χ1v) is 6.29. The number of likely N-dealkylation sites (N-methyl/N-ethyl adjacent to an activating group) is 1. The Kier molecular flexibility index (Phi) is 5.60. The van der Waals surface area contributed by atoms with Crippen LogP contribution in [0.3, 0.4) is 0 Å². The lowest BCUT2D eigenvalue weighted by molar-refractivity contribution is 0.154. The molecule has 0 aromatic heterocycles. The summed E-state index contributed by atoms with van der Waals surface area (Å²) < 4.78 is 0. The SMILES string of the molecule is CC(CO)N(C)C(=O)NC1CCCCCC1. The van der Waals surface area contributed by atoms with Crippen LogP contribution in [0.4, 0.5) is 4.79 Å². The first-order valence-electron chi connectivity index (χ1n) is 6.29. The molecule has 4 heteroatoms. The second kappa shape index (κ2) is 6.74. The highest BCUT2D eigenvalue weighted by molar-refractivity contribution is 5.74. The van der Waals surface area contributed by atoms with E-state index in [2.05, 4.69) is 5.32 Å². The van der Waals surface area contributed by atoms with E-state index in [0.29, 0.717) is 6.04 Å². The van der Waals surface area contributed by atoms with E-state index in [4.69, 9.17) is 5.11 Å². The molecule has 0 radical (unpaired) electrons. The van der Waals surface area contributed by atoms with Crippen LogP contribution < -0.4 is 5.32 Å². The Morgan fingerprint density at radius 3 is 2.44 bits per heavy atom. The number of amides is 2. The number of hydrogen-bond acceptors (Lipinski definition) is 2. The molecule has 1 atom stereocenters. The van der Waals surface area contributed by atoms with Gasteiger partial charge in [0.1, 0.15) is 0 Å². The summed E-state index contributed by atoms with van der Waals surface area (Å²) in [5, 5.41) is 12.0. The zero-order chi connectivity index (χ0) is 12.0. The van der Waals surface area contributed by atoms with E-state index in [1.165, 1.54) is 25.7 Å². The van der Waals surface area contributed by atoms with Gasteiger partial charge in [-0.05, 0) is 19.8 Å². The van der Waals surface area contributed by atoms with Gasteiger partial charge in [0.15, 0.2) is 0 Å². The summed E-state index contributed by atoms with van der Waals surface area (Å²) in [6.45, 7) is 1.85. The maximum absolute atomic E-state index is 11.8. The highest BCUT2D eigenvalue weighted by atomic mass is 16.3. The Morgan fingerprint density at radius 1 is 1.38 bits per heavy atom. The normalized spacial score (nSPS) is 19.9. The third kappa shape index (κ3) is 4.00. The van der Waals surface area contributed by atoms with Gasteiger partial charge in [-0.3, -0.25) is 0 Å². The fraction of sp³-hybridized carbons (Fsp3) is 0.917. The zero-order valence-corrected chi connectivity index (χ0v) is 10.4. The van der Waals surface area contributed by atoms with Gasteiger partial charge in [-0.25, -0.2) is 4.79 Å². The van der Waals surface area contributed by atoms with Gasteiger partial charge in [0.25, 0.3) is 0 Å². The Balaban J connectivity index is 2.37. The number of carbonyl (C=O) groups excluding carboxylic acids is 1. The molecular weight excluding hydrogens is 204 g/mol. The van der Waals surface area contributed by atoms with Gasteiger partial charge < -0.3 is 15.3 Å². The molecule has 0 aromatic rings. The average molecular weight is 228 g/mol. The maximum atomic E-state index is 11.8. The summed E-state index contributed by atoms with van der Waals surface area (Å²) in [6.07, 6.45) is 7.18.